The van der Waals surface area contributed by atoms with Gasteiger partial charge in [-0.2, -0.15) is 0 Å². The van der Waals surface area contributed by atoms with Gasteiger partial charge in [0, 0.05) is 6.54 Å². The molecule has 1 aromatic carbocycles. The van der Waals surface area contributed by atoms with Crippen molar-refractivity contribution in [3.63, 3.8) is 0 Å². The number of rotatable bonds is 4. The average molecular weight is 248 g/mol. The first kappa shape index (κ1) is 12.9. The van der Waals surface area contributed by atoms with E-state index in [0.717, 1.165) is 6.07 Å². The van der Waals surface area contributed by atoms with Gasteiger partial charge in [0.2, 0.25) is 10.0 Å². The van der Waals surface area contributed by atoms with Crippen LogP contribution in [-0.4, -0.2) is 26.2 Å². The third-order valence-corrected chi connectivity index (χ3v) is 3.35. The molecule has 5 nitrogen and oxygen atoms in total. The fourth-order valence-corrected chi connectivity index (χ4v) is 2.32. The minimum Gasteiger partial charge on any atom is -0.395 e. The number of nitrogens with one attached hydrogen (secondary N) is 1. The first-order valence-electron chi connectivity index (χ1n) is 4.56. The molecule has 0 spiro atoms. The van der Waals surface area contributed by atoms with E-state index in [4.69, 9.17) is 10.8 Å². The Hall–Kier alpha value is -1.18. The van der Waals surface area contributed by atoms with Crippen molar-refractivity contribution >= 4 is 15.7 Å². The van der Waals surface area contributed by atoms with Gasteiger partial charge in [-0.25, -0.2) is 17.5 Å². The number of benzene rings is 1. The van der Waals surface area contributed by atoms with Crippen LogP contribution in [0.5, 0.6) is 0 Å². The maximum Gasteiger partial charge on any atom is 0.242 e. The normalized spacial score (nSPS) is 13.7. The second-order valence-electron chi connectivity index (χ2n) is 3.35. The summed E-state index contributed by atoms with van der Waals surface area (Å²) < 4.78 is 38.4. The summed E-state index contributed by atoms with van der Waals surface area (Å²) in [5, 5.41) is 8.95. The highest BCUT2D eigenvalue weighted by molar-refractivity contribution is 7.89. The predicted molar refractivity (Wildman–Crippen MR) is 57.7 cm³/mol. The first-order valence-corrected chi connectivity index (χ1v) is 6.04. The Kier molecular flexibility index (Phi) is 3.84. The lowest BCUT2D eigenvalue weighted by molar-refractivity contribution is 0.198. The fourth-order valence-electron chi connectivity index (χ4n) is 1.06. The fraction of sp³-hybridized carbons (Fsp3) is 0.333. The van der Waals surface area contributed by atoms with E-state index in [1.165, 1.54) is 19.1 Å². The summed E-state index contributed by atoms with van der Waals surface area (Å²) in [6.45, 7) is 1.27. The molecular formula is C9H13FN2O3S. The Bertz CT molecular complexity index is 474. The lowest BCUT2D eigenvalue weighted by Gasteiger charge is -2.10. The molecular weight excluding hydrogens is 235 g/mol. The molecule has 0 aliphatic heterocycles. The summed E-state index contributed by atoms with van der Waals surface area (Å²) in [5.74, 6) is -0.792. The van der Waals surface area contributed by atoms with Crippen molar-refractivity contribution in [2.75, 3.05) is 12.3 Å². The molecule has 1 aromatic rings. The summed E-state index contributed by atoms with van der Waals surface area (Å²) in [4.78, 5) is -0.326. The third kappa shape index (κ3) is 2.91. The molecule has 1 atom stereocenters. The van der Waals surface area contributed by atoms with Gasteiger partial charge in [-0.05, 0) is 19.1 Å². The van der Waals surface area contributed by atoms with E-state index in [9.17, 15) is 12.8 Å². The van der Waals surface area contributed by atoms with Gasteiger partial charge in [0.15, 0.2) is 0 Å². The molecule has 0 saturated carbocycles. The lowest BCUT2D eigenvalue weighted by Crippen LogP contribution is -2.31. The molecule has 16 heavy (non-hydrogen) atoms. The lowest BCUT2D eigenvalue weighted by atomic mass is 10.3. The van der Waals surface area contributed by atoms with Crippen molar-refractivity contribution in [1.29, 1.82) is 0 Å². The van der Waals surface area contributed by atoms with E-state index < -0.39 is 27.6 Å². The number of aliphatic hydroxyl groups excluding tert-OH is 1. The monoisotopic (exact) mass is 248 g/mol. The second-order valence-corrected chi connectivity index (χ2v) is 5.09. The predicted octanol–water partition coefficient (Wildman–Crippen LogP) is 0.0670. The van der Waals surface area contributed by atoms with Gasteiger partial charge < -0.3 is 10.8 Å². The minimum absolute atomic E-state index is 0.154. The van der Waals surface area contributed by atoms with Crippen LogP contribution in [0.2, 0.25) is 0 Å². The molecule has 7 heteroatoms. The number of para-hydroxylation sites is 1. The summed E-state index contributed by atoms with van der Waals surface area (Å²) in [6, 6.07) is 3.52. The number of nitrogen functional groups attached to an aromatic ring is 1. The van der Waals surface area contributed by atoms with Gasteiger partial charge in [-0.1, -0.05) is 6.07 Å². The van der Waals surface area contributed by atoms with Crippen molar-refractivity contribution in [2.24, 2.45) is 0 Å². The minimum atomic E-state index is -3.88. The number of hydrogen-bond donors (Lipinski definition) is 3. The molecule has 4 N–H and O–H groups in total. The van der Waals surface area contributed by atoms with Gasteiger partial charge in [0.05, 0.1) is 11.8 Å². The Balaban J connectivity index is 3.03. The molecule has 0 aromatic heterocycles. The van der Waals surface area contributed by atoms with Crippen LogP contribution in [-0.2, 0) is 10.0 Å². The standard InChI is InChI=1S/C9H13FN2O3S/c1-6(13)5-12-16(14,15)8-4-2-3-7(10)9(8)11/h2-4,6,12-13H,5,11H2,1H3/t6-/m1/s1. The van der Waals surface area contributed by atoms with E-state index in [1.54, 1.807) is 0 Å². The Labute approximate surface area is 93.1 Å². The van der Waals surface area contributed by atoms with Crippen molar-refractivity contribution in [3.8, 4) is 0 Å². The Morgan fingerprint density at radius 1 is 1.56 bits per heavy atom. The maximum atomic E-state index is 13.0. The Morgan fingerprint density at radius 2 is 2.19 bits per heavy atom. The zero-order valence-corrected chi connectivity index (χ0v) is 9.46. The van der Waals surface area contributed by atoms with Crippen LogP contribution in [0.1, 0.15) is 6.92 Å². The van der Waals surface area contributed by atoms with Crippen LogP contribution in [0, 0.1) is 5.82 Å². The molecule has 0 radical (unpaired) electrons. The molecule has 0 bridgehead atoms. The summed E-state index contributed by atoms with van der Waals surface area (Å²) in [7, 11) is -3.88. The van der Waals surface area contributed by atoms with Crippen molar-refractivity contribution < 1.29 is 17.9 Å². The molecule has 0 amide bonds. The second kappa shape index (κ2) is 4.77. The van der Waals surface area contributed by atoms with E-state index in [1.807, 2.05) is 0 Å². The van der Waals surface area contributed by atoms with Gasteiger partial charge >= 0.3 is 0 Å². The van der Waals surface area contributed by atoms with Gasteiger partial charge in [0.25, 0.3) is 0 Å². The van der Waals surface area contributed by atoms with Crippen LogP contribution >= 0.6 is 0 Å². The van der Waals surface area contributed by atoms with Crippen LogP contribution in [0.15, 0.2) is 23.1 Å². The molecule has 0 heterocycles. The summed E-state index contributed by atoms with van der Waals surface area (Å²) in [5.41, 5.74) is 4.89. The van der Waals surface area contributed by atoms with Crippen LogP contribution < -0.4 is 10.5 Å². The number of hydrogen-bond acceptors (Lipinski definition) is 4. The van der Waals surface area contributed by atoms with Crippen LogP contribution in [0.4, 0.5) is 10.1 Å². The quantitative estimate of drug-likeness (QED) is 0.657. The number of halogens is 1. The highest BCUT2D eigenvalue weighted by Crippen LogP contribution is 2.20. The zero-order valence-electron chi connectivity index (χ0n) is 8.64. The van der Waals surface area contributed by atoms with Crippen molar-refractivity contribution in [2.45, 2.75) is 17.9 Å². The summed E-state index contributed by atoms with van der Waals surface area (Å²) in [6.07, 6.45) is -0.829. The number of sulfonamides is 1. The smallest absolute Gasteiger partial charge is 0.242 e. The summed E-state index contributed by atoms with van der Waals surface area (Å²) >= 11 is 0. The number of nitrogens with two attached hydrogens (primary N) is 1. The maximum absolute atomic E-state index is 13.0. The van der Waals surface area contributed by atoms with Crippen molar-refractivity contribution in [1.82, 2.24) is 4.72 Å². The molecule has 0 fully saturated rings. The van der Waals surface area contributed by atoms with E-state index in [-0.39, 0.29) is 11.4 Å². The number of aliphatic hydroxyl groups is 1. The SMILES string of the molecule is C[C@@H](O)CNS(=O)(=O)c1cccc(F)c1N. The molecule has 0 aliphatic carbocycles. The molecule has 0 saturated heterocycles. The molecule has 0 unspecified atom stereocenters. The van der Waals surface area contributed by atoms with E-state index in [2.05, 4.69) is 4.72 Å². The van der Waals surface area contributed by atoms with E-state index >= 15 is 0 Å². The third-order valence-electron chi connectivity index (χ3n) is 1.87. The van der Waals surface area contributed by atoms with Gasteiger partial charge in [-0.3, -0.25) is 0 Å². The highest BCUT2D eigenvalue weighted by atomic mass is 32.2. The van der Waals surface area contributed by atoms with Crippen LogP contribution in [0.25, 0.3) is 0 Å². The van der Waals surface area contributed by atoms with Crippen LogP contribution in [0.3, 0.4) is 0 Å². The Morgan fingerprint density at radius 3 is 2.75 bits per heavy atom. The molecule has 1 rings (SSSR count). The van der Waals surface area contributed by atoms with Crippen molar-refractivity contribution in [3.05, 3.63) is 24.0 Å². The zero-order chi connectivity index (χ0) is 12.3. The van der Waals surface area contributed by atoms with Gasteiger partial charge in [0.1, 0.15) is 10.7 Å². The average Bonchev–Trinajstić information content (AvgIpc) is 2.19. The number of anilines is 1. The largest absolute Gasteiger partial charge is 0.395 e. The molecule has 0 aliphatic rings. The molecule has 90 valence electrons. The first-order chi connectivity index (χ1) is 7.34. The topological polar surface area (TPSA) is 92.4 Å². The van der Waals surface area contributed by atoms with E-state index in [0.29, 0.717) is 0 Å². The highest BCUT2D eigenvalue weighted by Gasteiger charge is 2.19. The van der Waals surface area contributed by atoms with Gasteiger partial charge in [-0.15, -0.1) is 0 Å².